The molecule has 1 aliphatic heterocycles. The molecule has 0 unspecified atom stereocenters. The van der Waals surface area contributed by atoms with Crippen LogP contribution in [0.1, 0.15) is 19.3 Å². The second-order valence-corrected chi connectivity index (χ2v) is 4.11. The van der Waals surface area contributed by atoms with E-state index >= 15 is 0 Å². The molecule has 7 nitrogen and oxygen atoms in total. The van der Waals surface area contributed by atoms with Crippen molar-refractivity contribution < 1.29 is 9.84 Å². The van der Waals surface area contributed by atoms with Crippen LogP contribution in [0.5, 0.6) is 6.01 Å². The number of nitrogens with one attached hydrogen (secondary N) is 1. The summed E-state index contributed by atoms with van der Waals surface area (Å²) in [6, 6.07) is 0.254. The Morgan fingerprint density at radius 1 is 1.22 bits per heavy atom. The van der Waals surface area contributed by atoms with E-state index in [4.69, 9.17) is 9.84 Å². The first-order chi connectivity index (χ1) is 8.83. The molecule has 1 saturated heterocycles. The van der Waals surface area contributed by atoms with Crippen molar-refractivity contribution in [1.82, 2.24) is 15.0 Å². The second-order valence-electron chi connectivity index (χ2n) is 4.11. The van der Waals surface area contributed by atoms with Crippen LogP contribution in [0, 0.1) is 0 Å². The summed E-state index contributed by atoms with van der Waals surface area (Å²) in [5.74, 6) is 1.13. The topological polar surface area (TPSA) is 83.4 Å². The highest BCUT2D eigenvalue weighted by Gasteiger charge is 2.16. The van der Waals surface area contributed by atoms with Crippen molar-refractivity contribution in [1.29, 1.82) is 0 Å². The normalized spacial score (nSPS) is 15.6. The maximum Gasteiger partial charge on any atom is 0.323 e. The molecule has 2 N–H and O–H groups in total. The summed E-state index contributed by atoms with van der Waals surface area (Å²) in [5.41, 5.74) is 0. The fourth-order valence-electron chi connectivity index (χ4n) is 1.89. The van der Waals surface area contributed by atoms with Crippen LogP contribution >= 0.6 is 0 Å². The first-order valence-electron chi connectivity index (χ1n) is 6.26. The van der Waals surface area contributed by atoms with E-state index in [1.165, 1.54) is 6.42 Å². The minimum Gasteiger partial charge on any atom is -0.461 e. The molecule has 0 aromatic carbocycles. The molecule has 0 atom stereocenters. The fraction of sp³-hybridized carbons (Fsp3) is 0.727. The molecule has 0 saturated carbocycles. The predicted molar refractivity (Wildman–Crippen MR) is 68.0 cm³/mol. The van der Waals surface area contributed by atoms with Crippen molar-refractivity contribution in [2.75, 3.05) is 43.6 Å². The van der Waals surface area contributed by atoms with Gasteiger partial charge in [-0.15, -0.1) is 0 Å². The van der Waals surface area contributed by atoms with Gasteiger partial charge in [-0.3, -0.25) is 0 Å². The van der Waals surface area contributed by atoms with Gasteiger partial charge in [0.25, 0.3) is 0 Å². The van der Waals surface area contributed by atoms with Crippen molar-refractivity contribution in [3.8, 4) is 6.01 Å². The van der Waals surface area contributed by atoms with Crippen LogP contribution in [0.2, 0.25) is 0 Å². The van der Waals surface area contributed by atoms with Gasteiger partial charge >= 0.3 is 6.01 Å². The van der Waals surface area contributed by atoms with Crippen molar-refractivity contribution in [3.05, 3.63) is 0 Å². The summed E-state index contributed by atoms with van der Waals surface area (Å²) in [4.78, 5) is 14.8. The molecule has 100 valence electrons. The third kappa shape index (κ3) is 3.19. The average Bonchev–Trinajstić information content (AvgIpc) is 2.45. The van der Waals surface area contributed by atoms with Crippen LogP contribution in [0.3, 0.4) is 0 Å². The van der Waals surface area contributed by atoms with Gasteiger partial charge in [-0.05, 0) is 19.3 Å². The first-order valence-corrected chi connectivity index (χ1v) is 6.26. The quantitative estimate of drug-likeness (QED) is 0.779. The van der Waals surface area contributed by atoms with Crippen molar-refractivity contribution >= 4 is 11.9 Å². The fourth-order valence-corrected chi connectivity index (χ4v) is 1.89. The summed E-state index contributed by atoms with van der Waals surface area (Å²) in [6.45, 7) is 2.06. The van der Waals surface area contributed by atoms with Crippen LogP contribution in [0.15, 0.2) is 0 Å². The number of piperidine rings is 1. The zero-order chi connectivity index (χ0) is 12.8. The lowest BCUT2D eigenvalue weighted by Gasteiger charge is -2.26. The monoisotopic (exact) mass is 253 g/mol. The van der Waals surface area contributed by atoms with Crippen LogP contribution < -0.4 is 15.0 Å². The molecule has 1 aromatic heterocycles. The number of hydrogen-bond donors (Lipinski definition) is 2. The number of ether oxygens (including phenoxy) is 1. The smallest absolute Gasteiger partial charge is 0.323 e. The molecule has 0 spiro atoms. The van der Waals surface area contributed by atoms with Gasteiger partial charge in [0.15, 0.2) is 0 Å². The number of aromatic nitrogens is 3. The van der Waals surface area contributed by atoms with Gasteiger partial charge in [-0.25, -0.2) is 0 Å². The molecule has 2 rings (SSSR count). The van der Waals surface area contributed by atoms with Crippen LogP contribution in [0.25, 0.3) is 0 Å². The third-order valence-electron chi connectivity index (χ3n) is 2.79. The Balaban J connectivity index is 2.16. The molecule has 0 radical (unpaired) electrons. The minimum absolute atomic E-state index is 0.0559. The number of rotatable bonds is 5. The van der Waals surface area contributed by atoms with E-state index in [0.717, 1.165) is 25.9 Å². The molecule has 1 aromatic rings. The van der Waals surface area contributed by atoms with E-state index < -0.39 is 0 Å². The summed E-state index contributed by atoms with van der Waals surface area (Å²) in [5, 5.41) is 11.6. The summed E-state index contributed by atoms with van der Waals surface area (Å²) < 4.78 is 5.25. The SMILES string of the molecule is CNc1nc(OCCO)nc(N2CCCCC2)n1. The second kappa shape index (κ2) is 6.34. The first kappa shape index (κ1) is 12.8. The molecule has 1 fully saturated rings. The summed E-state index contributed by atoms with van der Waals surface area (Å²) >= 11 is 0. The van der Waals surface area contributed by atoms with Gasteiger partial charge in [-0.2, -0.15) is 15.0 Å². The van der Waals surface area contributed by atoms with E-state index in [0.29, 0.717) is 11.9 Å². The molecular formula is C11H19N5O2. The largest absolute Gasteiger partial charge is 0.461 e. The number of anilines is 2. The highest BCUT2D eigenvalue weighted by Crippen LogP contribution is 2.18. The molecule has 1 aliphatic rings. The highest BCUT2D eigenvalue weighted by molar-refractivity contribution is 5.38. The lowest BCUT2D eigenvalue weighted by molar-refractivity contribution is 0.191. The standard InChI is InChI=1S/C11H19N5O2/c1-12-9-13-10(16-5-3-2-4-6-16)15-11(14-9)18-8-7-17/h17H,2-8H2,1H3,(H,12,13,14,15). The Morgan fingerprint density at radius 3 is 2.67 bits per heavy atom. The molecular weight excluding hydrogens is 234 g/mol. The van der Waals surface area contributed by atoms with Crippen LogP contribution in [0.4, 0.5) is 11.9 Å². The van der Waals surface area contributed by atoms with Gasteiger partial charge in [-0.1, -0.05) is 0 Å². The van der Waals surface area contributed by atoms with E-state index in [9.17, 15) is 0 Å². The summed E-state index contributed by atoms with van der Waals surface area (Å²) in [7, 11) is 1.76. The average molecular weight is 253 g/mol. The van der Waals surface area contributed by atoms with E-state index in [2.05, 4.69) is 25.2 Å². The Labute approximate surface area is 106 Å². The van der Waals surface area contributed by atoms with Crippen molar-refractivity contribution in [2.45, 2.75) is 19.3 Å². The van der Waals surface area contributed by atoms with Gasteiger partial charge in [0, 0.05) is 20.1 Å². The maximum absolute atomic E-state index is 8.75. The van der Waals surface area contributed by atoms with Crippen LogP contribution in [-0.2, 0) is 0 Å². The Bertz CT molecular complexity index is 382. The van der Waals surface area contributed by atoms with Gasteiger partial charge in [0.1, 0.15) is 6.61 Å². The molecule has 0 aliphatic carbocycles. The third-order valence-corrected chi connectivity index (χ3v) is 2.79. The van der Waals surface area contributed by atoms with Gasteiger partial charge in [0.05, 0.1) is 6.61 Å². The lowest BCUT2D eigenvalue weighted by Crippen LogP contribution is -2.31. The Kier molecular flexibility index (Phi) is 4.52. The van der Waals surface area contributed by atoms with E-state index in [1.54, 1.807) is 7.05 Å². The highest BCUT2D eigenvalue weighted by atomic mass is 16.5. The molecule has 0 bridgehead atoms. The van der Waals surface area contributed by atoms with Crippen molar-refractivity contribution in [2.24, 2.45) is 0 Å². The van der Waals surface area contributed by atoms with E-state index in [-0.39, 0.29) is 19.2 Å². The van der Waals surface area contributed by atoms with Gasteiger partial charge < -0.3 is 20.1 Å². The predicted octanol–water partition coefficient (Wildman–Crippen LogP) is 0.275. The molecule has 18 heavy (non-hydrogen) atoms. The zero-order valence-corrected chi connectivity index (χ0v) is 10.6. The lowest BCUT2D eigenvalue weighted by atomic mass is 10.1. The maximum atomic E-state index is 8.75. The number of aliphatic hydroxyl groups excluding tert-OH is 1. The van der Waals surface area contributed by atoms with Crippen molar-refractivity contribution in [3.63, 3.8) is 0 Å². The minimum atomic E-state index is -0.0559. The number of aliphatic hydroxyl groups is 1. The molecule has 7 heteroatoms. The molecule has 2 heterocycles. The van der Waals surface area contributed by atoms with Gasteiger partial charge in [0.2, 0.25) is 11.9 Å². The Hall–Kier alpha value is -1.63. The number of hydrogen-bond acceptors (Lipinski definition) is 7. The Morgan fingerprint density at radius 2 is 2.00 bits per heavy atom. The summed E-state index contributed by atoms with van der Waals surface area (Å²) in [6.07, 6.45) is 3.58. The zero-order valence-electron chi connectivity index (χ0n) is 10.6. The van der Waals surface area contributed by atoms with Crippen LogP contribution in [-0.4, -0.2) is 53.4 Å². The van der Waals surface area contributed by atoms with E-state index in [1.807, 2.05) is 0 Å². The molecule has 0 amide bonds. The number of nitrogens with zero attached hydrogens (tertiary/aromatic N) is 4.